The van der Waals surface area contributed by atoms with Crippen molar-refractivity contribution in [3.05, 3.63) is 75.9 Å². The number of benzene rings is 2. The predicted octanol–water partition coefficient (Wildman–Crippen LogP) is 7.15. The van der Waals surface area contributed by atoms with Gasteiger partial charge < -0.3 is 19.3 Å². The smallest absolute Gasteiger partial charge is 0.133 e. The van der Waals surface area contributed by atoms with E-state index in [0.29, 0.717) is 19.6 Å². The molecule has 180 valence electrons. The van der Waals surface area contributed by atoms with Crippen LogP contribution in [0.1, 0.15) is 69.7 Å². The van der Waals surface area contributed by atoms with E-state index in [9.17, 15) is 5.11 Å². The van der Waals surface area contributed by atoms with Gasteiger partial charge in [0.2, 0.25) is 0 Å². The molecule has 2 aliphatic heterocycles. The largest absolute Gasteiger partial charge is 0.508 e. The van der Waals surface area contributed by atoms with Crippen LogP contribution in [-0.2, 0) is 12.8 Å². The lowest BCUT2D eigenvalue weighted by molar-refractivity contribution is 0.157. The van der Waals surface area contributed by atoms with Crippen LogP contribution in [0.15, 0.2) is 53.6 Å². The lowest BCUT2D eigenvalue weighted by atomic mass is 9.86. The highest BCUT2D eigenvalue weighted by atomic mass is 16.5. The van der Waals surface area contributed by atoms with Gasteiger partial charge in [-0.2, -0.15) is 0 Å². The summed E-state index contributed by atoms with van der Waals surface area (Å²) in [5.41, 5.74) is 6.27. The lowest BCUT2D eigenvalue weighted by Gasteiger charge is -2.33. The fourth-order valence-electron chi connectivity index (χ4n) is 4.37. The fourth-order valence-corrected chi connectivity index (χ4v) is 4.37. The van der Waals surface area contributed by atoms with E-state index in [4.69, 9.17) is 14.2 Å². The van der Waals surface area contributed by atoms with Gasteiger partial charge in [-0.05, 0) is 95.9 Å². The number of allylic oxidation sites excluding steroid dienone is 3. The molecule has 0 saturated heterocycles. The van der Waals surface area contributed by atoms with Gasteiger partial charge in [0.1, 0.15) is 35.2 Å². The van der Waals surface area contributed by atoms with Crippen LogP contribution in [0.25, 0.3) is 6.08 Å². The molecule has 0 spiro atoms. The number of ether oxygens (including phenoxy) is 3. The molecule has 1 N–H and O–H groups in total. The minimum absolute atomic E-state index is 0.128. The van der Waals surface area contributed by atoms with Crippen LogP contribution < -0.4 is 14.2 Å². The van der Waals surface area contributed by atoms with Crippen LogP contribution in [0.4, 0.5) is 0 Å². The molecule has 4 rings (SSSR count). The first-order valence-electron chi connectivity index (χ1n) is 12.0. The number of hydrogen-bond donors (Lipinski definition) is 1. The zero-order valence-electron chi connectivity index (χ0n) is 21.2. The Kier molecular flexibility index (Phi) is 6.79. The predicted molar refractivity (Wildman–Crippen MR) is 138 cm³/mol. The van der Waals surface area contributed by atoms with E-state index in [-0.39, 0.29) is 17.3 Å². The van der Waals surface area contributed by atoms with Crippen LogP contribution in [0.5, 0.6) is 23.0 Å². The van der Waals surface area contributed by atoms with E-state index in [1.807, 2.05) is 6.08 Å². The normalized spacial score (nSPS) is 17.5. The molecule has 1 atom stereocenters. The average molecular weight is 461 g/mol. The van der Waals surface area contributed by atoms with Crippen molar-refractivity contribution >= 4 is 6.08 Å². The Bertz CT molecular complexity index is 1160. The van der Waals surface area contributed by atoms with Crippen molar-refractivity contribution in [1.29, 1.82) is 0 Å². The molecule has 0 aromatic heterocycles. The van der Waals surface area contributed by atoms with Gasteiger partial charge >= 0.3 is 0 Å². The maximum absolute atomic E-state index is 10.7. The third-order valence-electron chi connectivity index (χ3n) is 6.27. The monoisotopic (exact) mass is 460 g/mol. The quantitative estimate of drug-likeness (QED) is 0.465. The summed E-state index contributed by atoms with van der Waals surface area (Å²) in [6, 6.07) is 8.02. The van der Waals surface area contributed by atoms with E-state index in [1.165, 1.54) is 11.1 Å². The third-order valence-corrected chi connectivity index (χ3v) is 6.27. The Morgan fingerprint density at radius 3 is 2.62 bits per heavy atom. The summed E-state index contributed by atoms with van der Waals surface area (Å²) in [5, 5.41) is 10.7. The Labute approximate surface area is 203 Å². The summed E-state index contributed by atoms with van der Waals surface area (Å²) in [7, 11) is 0. The Balaban J connectivity index is 1.67. The highest BCUT2D eigenvalue weighted by molar-refractivity contribution is 5.69. The second kappa shape index (κ2) is 9.61. The zero-order chi connectivity index (χ0) is 24.5. The van der Waals surface area contributed by atoms with Crippen molar-refractivity contribution in [3.63, 3.8) is 0 Å². The molecule has 0 bridgehead atoms. The Hall–Kier alpha value is -3.14. The second-order valence-corrected chi connectivity index (χ2v) is 10.3. The summed E-state index contributed by atoms with van der Waals surface area (Å²) in [5.74, 6) is 2.89. The molecule has 0 aliphatic carbocycles. The first-order chi connectivity index (χ1) is 16.1. The van der Waals surface area contributed by atoms with E-state index in [2.05, 4.69) is 78.0 Å². The molecule has 2 aromatic rings. The molecule has 0 saturated carbocycles. The molecule has 2 aromatic carbocycles. The van der Waals surface area contributed by atoms with Gasteiger partial charge in [0.15, 0.2) is 0 Å². The fraction of sp³-hybridized carbons (Fsp3) is 0.400. The molecule has 0 amide bonds. The SMILES string of the molecule is CC(C)=CCOc1cc(O)c(CC=C(C)C)cc1[C@@H]1COc2c(ccc3c2C=CC(C)(C)O3)C1. The standard InChI is InChI=1S/C30H36O4/c1-19(2)7-8-21-16-25(28(17-26(21)31)32-14-12-20(3)4)23-15-22-9-10-27-24(29(22)33-18-23)11-13-30(5,6)34-27/h7,9-13,16-17,23,31H,8,14-15,18H2,1-6H3/t23-/m0/s1. The summed E-state index contributed by atoms with van der Waals surface area (Å²) in [6.45, 7) is 13.4. The van der Waals surface area contributed by atoms with Crippen molar-refractivity contribution in [2.45, 2.75) is 65.9 Å². The van der Waals surface area contributed by atoms with Crippen LogP contribution in [-0.4, -0.2) is 23.9 Å². The minimum atomic E-state index is -0.316. The molecule has 4 nitrogen and oxygen atoms in total. The molecule has 2 heterocycles. The van der Waals surface area contributed by atoms with Gasteiger partial charge in [-0.25, -0.2) is 0 Å². The first kappa shape index (κ1) is 24.0. The molecular formula is C30H36O4. The zero-order valence-corrected chi connectivity index (χ0v) is 21.2. The van der Waals surface area contributed by atoms with Crippen LogP contribution in [0, 0.1) is 0 Å². The van der Waals surface area contributed by atoms with E-state index in [0.717, 1.165) is 45.9 Å². The van der Waals surface area contributed by atoms with Crippen molar-refractivity contribution in [2.75, 3.05) is 13.2 Å². The maximum Gasteiger partial charge on any atom is 0.133 e. The number of phenols is 1. The Morgan fingerprint density at radius 1 is 1.12 bits per heavy atom. The molecule has 0 fully saturated rings. The van der Waals surface area contributed by atoms with E-state index < -0.39 is 0 Å². The van der Waals surface area contributed by atoms with Crippen LogP contribution in [0.3, 0.4) is 0 Å². The third kappa shape index (κ3) is 5.32. The molecule has 4 heteroatoms. The van der Waals surface area contributed by atoms with Crippen molar-refractivity contribution in [2.24, 2.45) is 0 Å². The highest BCUT2D eigenvalue weighted by Gasteiger charge is 2.30. The summed E-state index contributed by atoms with van der Waals surface area (Å²) < 4.78 is 18.6. The van der Waals surface area contributed by atoms with E-state index >= 15 is 0 Å². The molecule has 2 aliphatic rings. The van der Waals surface area contributed by atoms with Gasteiger partial charge in [-0.15, -0.1) is 0 Å². The number of phenolic OH excluding ortho intramolecular Hbond substituents is 1. The molecule has 0 unspecified atom stereocenters. The van der Waals surface area contributed by atoms with Gasteiger partial charge in [0.05, 0.1) is 12.2 Å². The molecule has 34 heavy (non-hydrogen) atoms. The topological polar surface area (TPSA) is 47.9 Å². The van der Waals surface area contributed by atoms with Crippen molar-refractivity contribution in [3.8, 4) is 23.0 Å². The summed E-state index contributed by atoms with van der Waals surface area (Å²) >= 11 is 0. The lowest BCUT2D eigenvalue weighted by Crippen LogP contribution is -2.28. The molecular weight excluding hydrogens is 424 g/mol. The Morgan fingerprint density at radius 2 is 1.88 bits per heavy atom. The van der Waals surface area contributed by atoms with Gasteiger partial charge in [-0.1, -0.05) is 23.3 Å². The second-order valence-electron chi connectivity index (χ2n) is 10.3. The number of fused-ring (bicyclic) bond motifs is 3. The van der Waals surface area contributed by atoms with Crippen LogP contribution >= 0.6 is 0 Å². The van der Waals surface area contributed by atoms with E-state index in [1.54, 1.807) is 6.07 Å². The minimum Gasteiger partial charge on any atom is -0.508 e. The van der Waals surface area contributed by atoms with Crippen molar-refractivity contribution in [1.82, 2.24) is 0 Å². The maximum atomic E-state index is 10.7. The summed E-state index contributed by atoms with van der Waals surface area (Å²) in [6.07, 6.45) is 9.90. The van der Waals surface area contributed by atoms with Crippen molar-refractivity contribution < 1.29 is 19.3 Å². The van der Waals surface area contributed by atoms with Gasteiger partial charge in [0.25, 0.3) is 0 Å². The number of rotatable bonds is 6. The van der Waals surface area contributed by atoms with Gasteiger partial charge in [0, 0.05) is 17.5 Å². The summed E-state index contributed by atoms with van der Waals surface area (Å²) in [4.78, 5) is 0. The van der Waals surface area contributed by atoms with Gasteiger partial charge in [-0.3, -0.25) is 0 Å². The molecule has 0 radical (unpaired) electrons. The number of hydrogen-bond acceptors (Lipinski definition) is 4. The average Bonchev–Trinajstić information content (AvgIpc) is 2.77. The van der Waals surface area contributed by atoms with Crippen LogP contribution in [0.2, 0.25) is 0 Å². The first-order valence-corrected chi connectivity index (χ1v) is 12.0. The number of aromatic hydroxyl groups is 1. The highest BCUT2D eigenvalue weighted by Crippen LogP contribution is 2.45.